The second-order valence-corrected chi connectivity index (χ2v) is 5.22. The Kier molecular flexibility index (Phi) is 2.72. The molecule has 0 saturated carbocycles. The maximum absolute atomic E-state index is 11.2. The van der Waals surface area contributed by atoms with Gasteiger partial charge in [-0.05, 0) is 28.0 Å². The lowest BCUT2D eigenvalue weighted by molar-refractivity contribution is 0.455. The quantitative estimate of drug-likeness (QED) is 0.749. The summed E-state index contributed by atoms with van der Waals surface area (Å²) in [6.07, 6.45) is 0. The highest BCUT2D eigenvalue weighted by molar-refractivity contribution is 7.10. The van der Waals surface area contributed by atoms with Crippen molar-refractivity contribution in [2.24, 2.45) is 0 Å². The first-order valence-electron chi connectivity index (χ1n) is 5.75. The highest BCUT2D eigenvalue weighted by Gasteiger charge is 2.12. The van der Waals surface area contributed by atoms with Gasteiger partial charge in [0, 0.05) is 0 Å². The zero-order valence-corrected chi connectivity index (χ0v) is 10.8. The van der Waals surface area contributed by atoms with E-state index in [0.717, 1.165) is 27.7 Å². The van der Waals surface area contributed by atoms with E-state index in [2.05, 4.69) is 11.6 Å². The van der Waals surface area contributed by atoms with E-state index in [1.165, 1.54) is 0 Å². The molecule has 0 saturated heterocycles. The topological polar surface area (TPSA) is 53.1 Å². The molecule has 0 aliphatic rings. The SMILES string of the molecule is C=C(c1ccc2ccccc2c1)c1sc(=O)[nH]c1O. The van der Waals surface area contributed by atoms with Crippen LogP contribution in [0, 0.1) is 0 Å². The van der Waals surface area contributed by atoms with Crippen molar-refractivity contribution in [1.82, 2.24) is 4.98 Å². The molecule has 2 N–H and O–H groups in total. The van der Waals surface area contributed by atoms with Gasteiger partial charge < -0.3 is 5.11 Å². The van der Waals surface area contributed by atoms with Crippen LogP contribution in [-0.2, 0) is 0 Å². The number of H-pyrrole nitrogens is 1. The number of hydrogen-bond acceptors (Lipinski definition) is 3. The average molecular weight is 269 g/mol. The first-order chi connectivity index (χ1) is 9.15. The van der Waals surface area contributed by atoms with Gasteiger partial charge in [-0.3, -0.25) is 9.78 Å². The lowest BCUT2D eigenvalue weighted by atomic mass is 10.0. The molecule has 1 heterocycles. The largest absolute Gasteiger partial charge is 0.493 e. The van der Waals surface area contributed by atoms with Gasteiger partial charge in [0.05, 0.1) is 4.88 Å². The molecule has 3 rings (SSSR count). The molecular formula is C15H11NO2S. The van der Waals surface area contributed by atoms with Gasteiger partial charge in [-0.2, -0.15) is 0 Å². The molecule has 0 aliphatic heterocycles. The highest BCUT2D eigenvalue weighted by Crippen LogP contribution is 2.31. The number of fused-ring (bicyclic) bond motifs is 1. The van der Waals surface area contributed by atoms with E-state index in [4.69, 9.17) is 0 Å². The van der Waals surface area contributed by atoms with Crippen LogP contribution in [0.3, 0.4) is 0 Å². The fourth-order valence-electron chi connectivity index (χ4n) is 2.03. The Balaban J connectivity index is 2.11. The van der Waals surface area contributed by atoms with Crippen molar-refractivity contribution in [3.63, 3.8) is 0 Å². The number of nitrogens with one attached hydrogen (secondary N) is 1. The minimum atomic E-state index is -0.283. The molecule has 2 aromatic carbocycles. The molecule has 3 nitrogen and oxygen atoms in total. The molecule has 1 aromatic heterocycles. The van der Waals surface area contributed by atoms with Gasteiger partial charge in [0.25, 0.3) is 0 Å². The van der Waals surface area contributed by atoms with E-state index in [1.54, 1.807) is 0 Å². The van der Waals surface area contributed by atoms with Crippen LogP contribution in [0.25, 0.3) is 16.3 Å². The van der Waals surface area contributed by atoms with Gasteiger partial charge in [-0.1, -0.05) is 54.3 Å². The molecule has 0 aliphatic carbocycles. The number of benzene rings is 2. The number of aromatic nitrogens is 1. The molecule has 0 bridgehead atoms. The van der Waals surface area contributed by atoms with Crippen LogP contribution in [0.4, 0.5) is 0 Å². The Bertz CT molecular complexity index is 829. The van der Waals surface area contributed by atoms with E-state index in [9.17, 15) is 9.90 Å². The van der Waals surface area contributed by atoms with Crippen molar-refractivity contribution in [2.45, 2.75) is 0 Å². The molecule has 4 heteroatoms. The van der Waals surface area contributed by atoms with Gasteiger partial charge in [0.1, 0.15) is 0 Å². The second kappa shape index (κ2) is 4.40. The normalized spacial score (nSPS) is 10.7. The van der Waals surface area contributed by atoms with E-state index >= 15 is 0 Å². The molecule has 19 heavy (non-hydrogen) atoms. The van der Waals surface area contributed by atoms with Gasteiger partial charge in [-0.15, -0.1) is 0 Å². The van der Waals surface area contributed by atoms with Crippen LogP contribution in [-0.4, -0.2) is 10.1 Å². The number of aromatic amines is 1. The average Bonchev–Trinajstić information content (AvgIpc) is 2.76. The lowest BCUT2D eigenvalue weighted by Crippen LogP contribution is -1.89. The minimum absolute atomic E-state index is 0.117. The summed E-state index contributed by atoms with van der Waals surface area (Å²) in [5, 5.41) is 11.9. The van der Waals surface area contributed by atoms with E-state index < -0.39 is 0 Å². The third kappa shape index (κ3) is 2.06. The Morgan fingerprint density at radius 2 is 1.89 bits per heavy atom. The molecule has 0 unspecified atom stereocenters. The fraction of sp³-hybridized carbons (Fsp3) is 0. The summed E-state index contributed by atoms with van der Waals surface area (Å²) < 4.78 is 0. The van der Waals surface area contributed by atoms with Gasteiger partial charge >= 0.3 is 4.87 Å². The third-order valence-electron chi connectivity index (χ3n) is 3.00. The zero-order valence-electron chi connectivity index (χ0n) is 10.0. The zero-order chi connectivity index (χ0) is 13.4. The number of hydrogen-bond donors (Lipinski definition) is 2. The smallest absolute Gasteiger partial charge is 0.307 e. The maximum atomic E-state index is 11.2. The summed E-state index contributed by atoms with van der Waals surface area (Å²) in [6.45, 7) is 3.97. The van der Waals surface area contributed by atoms with Gasteiger partial charge in [0.2, 0.25) is 5.88 Å². The van der Waals surface area contributed by atoms with Crippen molar-refractivity contribution in [2.75, 3.05) is 0 Å². The van der Waals surface area contributed by atoms with Crippen molar-refractivity contribution in [3.05, 3.63) is 69.2 Å². The first-order valence-corrected chi connectivity index (χ1v) is 6.57. The Morgan fingerprint density at radius 3 is 2.58 bits per heavy atom. The van der Waals surface area contributed by atoms with Crippen LogP contribution in [0.15, 0.2) is 53.8 Å². The van der Waals surface area contributed by atoms with Gasteiger partial charge in [-0.25, -0.2) is 0 Å². The second-order valence-electron chi connectivity index (χ2n) is 4.23. The summed E-state index contributed by atoms with van der Waals surface area (Å²) in [5.41, 5.74) is 1.54. The predicted octanol–water partition coefficient (Wildman–Crippen LogP) is 3.36. The Labute approximate surface area is 113 Å². The van der Waals surface area contributed by atoms with Crippen LogP contribution in [0.1, 0.15) is 10.4 Å². The van der Waals surface area contributed by atoms with Crippen LogP contribution in [0.2, 0.25) is 0 Å². The number of rotatable bonds is 2. The third-order valence-corrected chi connectivity index (χ3v) is 3.93. The molecule has 0 spiro atoms. The van der Waals surface area contributed by atoms with Crippen molar-refractivity contribution in [3.8, 4) is 5.88 Å². The number of thiazole rings is 1. The van der Waals surface area contributed by atoms with E-state index in [0.29, 0.717) is 10.5 Å². The molecule has 3 aromatic rings. The summed E-state index contributed by atoms with van der Waals surface area (Å²) >= 11 is 0.962. The van der Waals surface area contributed by atoms with Crippen molar-refractivity contribution < 1.29 is 5.11 Å². The summed E-state index contributed by atoms with van der Waals surface area (Å²) in [5.74, 6) is -0.117. The lowest BCUT2D eigenvalue weighted by Gasteiger charge is -2.05. The molecular weight excluding hydrogens is 258 g/mol. The molecule has 0 atom stereocenters. The first kappa shape index (κ1) is 11.7. The predicted molar refractivity (Wildman–Crippen MR) is 78.7 cm³/mol. The summed E-state index contributed by atoms with van der Waals surface area (Å²) in [7, 11) is 0. The standard InChI is InChI=1S/C15H11NO2S/c1-9(13-14(17)16-15(18)19-13)11-7-6-10-4-2-3-5-12(10)8-11/h2-8,17H,1H2,(H,16,18). The van der Waals surface area contributed by atoms with E-state index in [-0.39, 0.29) is 10.8 Å². The van der Waals surface area contributed by atoms with E-state index in [1.807, 2.05) is 42.5 Å². The Hall–Kier alpha value is -2.33. The van der Waals surface area contributed by atoms with Gasteiger partial charge in [0.15, 0.2) is 0 Å². The number of aromatic hydroxyl groups is 1. The summed E-state index contributed by atoms with van der Waals surface area (Å²) in [4.78, 5) is 13.8. The molecule has 0 radical (unpaired) electrons. The van der Waals surface area contributed by atoms with Crippen LogP contribution in [0.5, 0.6) is 5.88 Å². The monoisotopic (exact) mass is 269 g/mol. The Morgan fingerprint density at radius 1 is 1.16 bits per heavy atom. The minimum Gasteiger partial charge on any atom is -0.493 e. The van der Waals surface area contributed by atoms with Crippen LogP contribution < -0.4 is 4.87 Å². The molecule has 94 valence electrons. The maximum Gasteiger partial charge on any atom is 0.307 e. The summed E-state index contributed by atoms with van der Waals surface area (Å²) in [6, 6.07) is 14.0. The molecule has 0 fully saturated rings. The fourth-order valence-corrected chi connectivity index (χ4v) is 2.75. The van der Waals surface area contributed by atoms with Crippen molar-refractivity contribution in [1.29, 1.82) is 0 Å². The van der Waals surface area contributed by atoms with Crippen molar-refractivity contribution >= 4 is 27.7 Å². The van der Waals surface area contributed by atoms with Crippen LogP contribution >= 0.6 is 11.3 Å². The molecule has 0 amide bonds. The highest BCUT2D eigenvalue weighted by atomic mass is 32.1.